The number of hydrogen-bond acceptors (Lipinski definition) is 5. The van der Waals surface area contributed by atoms with Gasteiger partial charge in [0, 0.05) is 18.8 Å². The molecule has 0 saturated heterocycles. The standard InChI is InChI=1S/C13H11N3OS/c14-13-16-12-9(4-8-2-1-3-15-7-8)5-10(17)6-11(12)18-13/h1-3,5-7,17H,4H2,(H2,14,16). The molecule has 3 rings (SSSR count). The SMILES string of the molecule is Nc1nc2c(Cc3cccnc3)cc(O)cc2s1. The lowest BCUT2D eigenvalue weighted by Gasteiger charge is -2.03. The molecule has 90 valence electrons. The zero-order valence-corrected chi connectivity index (χ0v) is 10.3. The lowest BCUT2D eigenvalue weighted by Crippen LogP contribution is -1.91. The molecule has 0 unspecified atom stereocenters. The van der Waals surface area contributed by atoms with Gasteiger partial charge < -0.3 is 10.8 Å². The molecule has 0 aliphatic heterocycles. The number of nitrogens with two attached hydrogens (primary N) is 1. The minimum atomic E-state index is 0.241. The van der Waals surface area contributed by atoms with Crippen LogP contribution in [0.1, 0.15) is 11.1 Å². The lowest BCUT2D eigenvalue weighted by molar-refractivity contribution is 0.475. The largest absolute Gasteiger partial charge is 0.508 e. The molecular weight excluding hydrogens is 246 g/mol. The summed E-state index contributed by atoms with van der Waals surface area (Å²) < 4.78 is 0.909. The van der Waals surface area contributed by atoms with Crippen molar-refractivity contribution in [3.63, 3.8) is 0 Å². The van der Waals surface area contributed by atoms with Gasteiger partial charge in [-0.1, -0.05) is 17.4 Å². The molecule has 0 aliphatic rings. The predicted molar refractivity (Wildman–Crippen MR) is 72.7 cm³/mol. The molecule has 4 nitrogen and oxygen atoms in total. The maximum atomic E-state index is 9.72. The van der Waals surface area contributed by atoms with Crippen LogP contribution in [0.4, 0.5) is 5.13 Å². The normalized spacial score (nSPS) is 10.9. The van der Waals surface area contributed by atoms with Crippen LogP contribution in [0.2, 0.25) is 0 Å². The van der Waals surface area contributed by atoms with E-state index in [-0.39, 0.29) is 5.75 Å². The van der Waals surface area contributed by atoms with Crippen molar-refractivity contribution in [2.45, 2.75) is 6.42 Å². The summed E-state index contributed by atoms with van der Waals surface area (Å²) in [5.41, 5.74) is 8.62. The zero-order chi connectivity index (χ0) is 12.5. The molecule has 0 fully saturated rings. The molecule has 1 aromatic carbocycles. The van der Waals surface area contributed by atoms with E-state index < -0.39 is 0 Å². The van der Waals surface area contributed by atoms with E-state index in [1.165, 1.54) is 11.3 Å². The summed E-state index contributed by atoms with van der Waals surface area (Å²) in [6.07, 6.45) is 4.23. The first-order valence-electron chi connectivity index (χ1n) is 5.49. The maximum absolute atomic E-state index is 9.72. The van der Waals surface area contributed by atoms with Gasteiger partial charge in [-0.15, -0.1) is 0 Å². The van der Waals surface area contributed by atoms with Gasteiger partial charge in [0.15, 0.2) is 5.13 Å². The van der Waals surface area contributed by atoms with Crippen molar-refractivity contribution in [1.29, 1.82) is 0 Å². The van der Waals surface area contributed by atoms with Gasteiger partial charge in [0.25, 0.3) is 0 Å². The number of nitrogens with zero attached hydrogens (tertiary/aromatic N) is 2. The number of aromatic hydroxyl groups is 1. The molecule has 0 spiro atoms. The van der Waals surface area contributed by atoms with E-state index in [2.05, 4.69) is 9.97 Å². The second-order valence-corrected chi connectivity index (χ2v) is 5.10. The Balaban J connectivity index is 2.10. The molecule has 0 radical (unpaired) electrons. The van der Waals surface area contributed by atoms with Gasteiger partial charge in [0.2, 0.25) is 0 Å². The molecule has 2 heterocycles. The summed E-state index contributed by atoms with van der Waals surface area (Å²) >= 11 is 1.38. The van der Waals surface area contributed by atoms with Crippen LogP contribution < -0.4 is 5.73 Å². The van der Waals surface area contributed by atoms with Crippen LogP contribution in [0.5, 0.6) is 5.75 Å². The van der Waals surface area contributed by atoms with E-state index in [9.17, 15) is 5.11 Å². The first-order chi connectivity index (χ1) is 8.72. The summed E-state index contributed by atoms with van der Waals surface area (Å²) in [4.78, 5) is 8.40. The van der Waals surface area contributed by atoms with E-state index in [1.807, 2.05) is 18.3 Å². The van der Waals surface area contributed by atoms with Crippen LogP contribution in [0.3, 0.4) is 0 Å². The van der Waals surface area contributed by atoms with Gasteiger partial charge in [-0.25, -0.2) is 4.98 Å². The molecule has 0 saturated carbocycles. The third-order valence-electron chi connectivity index (χ3n) is 2.69. The van der Waals surface area contributed by atoms with Crippen molar-refractivity contribution in [3.05, 3.63) is 47.8 Å². The van der Waals surface area contributed by atoms with E-state index in [4.69, 9.17) is 5.73 Å². The Bertz CT molecular complexity index is 694. The van der Waals surface area contributed by atoms with E-state index in [1.54, 1.807) is 18.3 Å². The predicted octanol–water partition coefficient (Wildman–Crippen LogP) is 2.57. The third-order valence-corrected chi connectivity index (χ3v) is 3.52. The summed E-state index contributed by atoms with van der Waals surface area (Å²) in [5, 5.41) is 10.2. The van der Waals surface area contributed by atoms with E-state index in [0.717, 1.165) is 21.3 Å². The second kappa shape index (κ2) is 4.27. The van der Waals surface area contributed by atoms with Crippen LogP contribution in [0.25, 0.3) is 10.2 Å². The Morgan fingerprint density at radius 3 is 3.00 bits per heavy atom. The highest BCUT2D eigenvalue weighted by atomic mass is 32.1. The highest BCUT2D eigenvalue weighted by Gasteiger charge is 2.09. The van der Waals surface area contributed by atoms with E-state index >= 15 is 0 Å². The smallest absolute Gasteiger partial charge is 0.181 e. The Morgan fingerprint density at radius 1 is 1.33 bits per heavy atom. The molecule has 0 amide bonds. The Hall–Kier alpha value is -2.14. The van der Waals surface area contributed by atoms with Crippen LogP contribution in [0.15, 0.2) is 36.7 Å². The van der Waals surface area contributed by atoms with Gasteiger partial charge in [-0.3, -0.25) is 4.98 Å². The number of hydrogen-bond donors (Lipinski definition) is 2. The molecule has 5 heteroatoms. The summed E-state index contributed by atoms with van der Waals surface area (Å²) in [5.74, 6) is 0.241. The molecule has 3 N–H and O–H groups in total. The van der Waals surface area contributed by atoms with Gasteiger partial charge in [-0.05, 0) is 29.3 Å². The van der Waals surface area contributed by atoms with Crippen molar-refractivity contribution in [2.75, 3.05) is 5.73 Å². The molecular formula is C13H11N3OS. The summed E-state index contributed by atoms with van der Waals surface area (Å²) in [6, 6.07) is 7.31. The zero-order valence-electron chi connectivity index (χ0n) is 9.50. The highest BCUT2D eigenvalue weighted by molar-refractivity contribution is 7.22. The van der Waals surface area contributed by atoms with Crippen LogP contribution in [-0.4, -0.2) is 15.1 Å². The number of phenols is 1. The van der Waals surface area contributed by atoms with Gasteiger partial charge in [0.1, 0.15) is 5.75 Å². The van der Waals surface area contributed by atoms with Crippen molar-refractivity contribution in [2.24, 2.45) is 0 Å². The van der Waals surface area contributed by atoms with Crippen LogP contribution >= 0.6 is 11.3 Å². The van der Waals surface area contributed by atoms with Crippen LogP contribution in [0, 0.1) is 0 Å². The van der Waals surface area contributed by atoms with Crippen molar-refractivity contribution in [3.8, 4) is 5.75 Å². The fraction of sp³-hybridized carbons (Fsp3) is 0.0769. The van der Waals surface area contributed by atoms with E-state index in [0.29, 0.717) is 11.6 Å². The minimum absolute atomic E-state index is 0.241. The topological polar surface area (TPSA) is 72.0 Å². The fourth-order valence-electron chi connectivity index (χ4n) is 1.96. The molecule has 3 aromatic rings. The summed E-state index contributed by atoms with van der Waals surface area (Å²) in [7, 11) is 0. The molecule has 0 aliphatic carbocycles. The number of pyridine rings is 1. The first-order valence-corrected chi connectivity index (χ1v) is 6.31. The number of phenolic OH excluding ortho intramolecular Hbond substituents is 1. The number of aromatic nitrogens is 2. The number of rotatable bonds is 2. The molecule has 2 aromatic heterocycles. The Kier molecular flexibility index (Phi) is 2.60. The van der Waals surface area contributed by atoms with Crippen molar-refractivity contribution < 1.29 is 5.11 Å². The third kappa shape index (κ3) is 2.00. The number of fused-ring (bicyclic) bond motifs is 1. The Labute approximate surface area is 108 Å². The van der Waals surface area contributed by atoms with Gasteiger partial charge >= 0.3 is 0 Å². The summed E-state index contributed by atoms with van der Waals surface area (Å²) in [6.45, 7) is 0. The number of benzene rings is 1. The quantitative estimate of drug-likeness (QED) is 0.740. The second-order valence-electron chi connectivity index (χ2n) is 4.04. The average Bonchev–Trinajstić information content (AvgIpc) is 2.71. The van der Waals surface area contributed by atoms with Crippen molar-refractivity contribution >= 4 is 26.7 Å². The number of thiazole rings is 1. The number of anilines is 1. The maximum Gasteiger partial charge on any atom is 0.181 e. The Morgan fingerprint density at radius 2 is 2.22 bits per heavy atom. The fourth-order valence-corrected chi connectivity index (χ4v) is 2.77. The van der Waals surface area contributed by atoms with Gasteiger partial charge in [0.05, 0.1) is 10.2 Å². The number of nitrogen functional groups attached to an aromatic ring is 1. The van der Waals surface area contributed by atoms with Crippen LogP contribution in [-0.2, 0) is 6.42 Å². The van der Waals surface area contributed by atoms with Gasteiger partial charge in [-0.2, -0.15) is 0 Å². The molecule has 0 bridgehead atoms. The monoisotopic (exact) mass is 257 g/mol. The average molecular weight is 257 g/mol. The molecule has 18 heavy (non-hydrogen) atoms. The lowest BCUT2D eigenvalue weighted by atomic mass is 10.1. The molecule has 0 atom stereocenters. The van der Waals surface area contributed by atoms with Crippen molar-refractivity contribution in [1.82, 2.24) is 9.97 Å². The minimum Gasteiger partial charge on any atom is -0.508 e. The first kappa shape index (κ1) is 11.0. The highest BCUT2D eigenvalue weighted by Crippen LogP contribution is 2.31.